The van der Waals surface area contributed by atoms with E-state index >= 15 is 0 Å². The molecule has 2 aromatic heterocycles. The van der Waals surface area contributed by atoms with Crippen molar-refractivity contribution in [3.63, 3.8) is 0 Å². The van der Waals surface area contributed by atoms with Crippen LogP contribution in [0, 0.1) is 6.92 Å². The molecule has 7 heteroatoms. The van der Waals surface area contributed by atoms with Crippen LogP contribution in [0.25, 0.3) is 10.8 Å². The Bertz CT molecular complexity index is 791. The van der Waals surface area contributed by atoms with E-state index in [0.29, 0.717) is 37.2 Å². The molecule has 2 amide bonds. The first kappa shape index (κ1) is 17.3. The van der Waals surface area contributed by atoms with E-state index in [-0.39, 0.29) is 18.2 Å². The van der Waals surface area contributed by atoms with Gasteiger partial charge in [0.25, 0.3) is 0 Å². The highest BCUT2D eigenvalue weighted by Gasteiger charge is 2.32. The minimum atomic E-state index is 0.0883. The fraction of sp³-hybridized carbons (Fsp3) is 0.526. The SMILES string of the molecule is Cc1oc(-c2cccs2)nc1CC(=O)N1CCC(N2CCCC2=O)CC1. The minimum absolute atomic E-state index is 0.0883. The predicted molar refractivity (Wildman–Crippen MR) is 98.8 cm³/mol. The van der Waals surface area contributed by atoms with Crippen LogP contribution in [0.15, 0.2) is 21.9 Å². The summed E-state index contributed by atoms with van der Waals surface area (Å²) < 4.78 is 5.73. The summed E-state index contributed by atoms with van der Waals surface area (Å²) in [5.41, 5.74) is 0.718. The van der Waals surface area contributed by atoms with E-state index in [4.69, 9.17) is 4.42 Å². The number of thiophene rings is 1. The van der Waals surface area contributed by atoms with Crippen LogP contribution in [0.4, 0.5) is 0 Å². The van der Waals surface area contributed by atoms with Gasteiger partial charge in [0.15, 0.2) is 0 Å². The molecule has 0 aromatic carbocycles. The van der Waals surface area contributed by atoms with Crippen LogP contribution in [0.2, 0.25) is 0 Å². The number of piperidine rings is 1. The van der Waals surface area contributed by atoms with Crippen molar-refractivity contribution < 1.29 is 14.0 Å². The molecule has 26 heavy (non-hydrogen) atoms. The number of likely N-dealkylation sites (tertiary alicyclic amines) is 2. The standard InChI is InChI=1S/C19H23N3O3S/c1-13-15(20-19(25-13)16-4-3-11-26-16)12-18(24)21-9-6-14(7-10-21)22-8-2-5-17(22)23/h3-4,11,14H,2,5-10,12H2,1H3. The highest BCUT2D eigenvalue weighted by molar-refractivity contribution is 7.13. The van der Waals surface area contributed by atoms with Crippen LogP contribution in [0.5, 0.6) is 0 Å². The molecule has 4 heterocycles. The van der Waals surface area contributed by atoms with E-state index in [1.165, 1.54) is 0 Å². The number of rotatable bonds is 4. The molecule has 2 fully saturated rings. The summed E-state index contributed by atoms with van der Waals surface area (Å²) in [6, 6.07) is 4.22. The maximum Gasteiger partial charge on any atom is 0.236 e. The number of nitrogens with zero attached hydrogens (tertiary/aromatic N) is 3. The summed E-state index contributed by atoms with van der Waals surface area (Å²) in [7, 11) is 0. The fourth-order valence-corrected chi connectivity index (χ4v) is 4.48. The first-order valence-electron chi connectivity index (χ1n) is 9.19. The van der Waals surface area contributed by atoms with Gasteiger partial charge in [-0.1, -0.05) is 6.07 Å². The summed E-state index contributed by atoms with van der Waals surface area (Å²) in [5, 5.41) is 1.98. The number of hydrogen-bond acceptors (Lipinski definition) is 5. The first-order chi connectivity index (χ1) is 12.6. The molecule has 0 saturated carbocycles. The monoisotopic (exact) mass is 373 g/mol. The molecule has 0 atom stereocenters. The molecule has 138 valence electrons. The largest absolute Gasteiger partial charge is 0.440 e. The molecule has 0 radical (unpaired) electrons. The van der Waals surface area contributed by atoms with Crippen LogP contribution < -0.4 is 0 Å². The molecule has 0 bridgehead atoms. The van der Waals surface area contributed by atoms with Crippen molar-refractivity contribution in [3.05, 3.63) is 29.0 Å². The summed E-state index contributed by atoms with van der Waals surface area (Å²) in [4.78, 5) is 34.0. The Kier molecular flexibility index (Phi) is 4.80. The lowest BCUT2D eigenvalue weighted by atomic mass is 10.0. The lowest BCUT2D eigenvalue weighted by Gasteiger charge is -2.36. The molecular weight excluding hydrogens is 350 g/mol. The van der Waals surface area contributed by atoms with Crippen molar-refractivity contribution in [3.8, 4) is 10.8 Å². The molecule has 2 aromatic rings. The summed E-state index contributed by atoms with van der Waals surface area (Å²) >= 11 is 1.57. The Morgan fingerprint density at radius 1 is 1.35 bits per heavy atom. The summed E-state index contributed by atoms with van der Waals surface area (Å²) in [6.45, 7) is 4.16. The number of carbonyl (C=O) groups excluding carboxylic acids is 2. The van der Waals surface area contributed by atoms with Gasteiger partial charge in [-0.2, -0.15) is 0 Å². The molecule has 2 saturated heterocycles. The Morgan fingerprint density at radius 3 is 2.81 bits per heavy atom. The Balaban J connectivity index is 1.35. The number of carbonyl (C=O) groups is 2. The van der Waals surface area contributed by atoms with Gasteiger partial charge in [0, 0.05) is 32.1 Å². The zero-order chi connectivity index (χ0) is 18.1. The first-order valence-corrected chi connectivity index (χ1v) is 10.1. The Labute approximate surface area is 156 Å². The van der Waals surface area contributed by atoms with E-state index in [0.717, 1.165) is 36.4 Å². The van der Waals surface area contributed by atoms with Crippen LogP contribution in [0.3, 0.4) is 0 Å². The molecule has 0 aliphatic carbocycles. The third-order valence-electron chi connectivity index (χ3n) is 5.31. The summed E-state index contributed by atoms with van der Waals surface area (Å²) in [6.07, 6.45) is 3.66. The number of hydrogen-bond donors (Lipinski definition) is 0. The maximum absolute atomic E-state index is 12.7. The number of amides is 2. The average Bonchev–Trinajstić information content (AvgIpc) is 3.37. The number of aromatic nitrogens is 1. The quantitative estimate of drug-likeness (QED) is 0.826. The van der Waals surface area contributed by atoms with E-state index in [1.54, 1.807) is 11.3 Å². The second kappa shape index (κ2) is 7.23. The van der Waals surface area contributed by atoms with Gasteiger partial charge in [-0.25, -0.2) is 4.98 Å². The lowest BCUT2D eigenvalue weighted by Crippen LogP contribution is -2.47. The highest BCUT2D eigenvalue weighted by Crippen LogP contribution is 2.27. The van der Waals surface area contributed by atoms with Gasteiger partial charge < -0.3 is 14.2 Å². The van der Waals surface area contributed by atoms with Crippen molar-refractivity contribution in [1.82, 2.24) is 14.8 Å². The van der Waals surface area contributed by atoms with E-state index in [1.807, 2.05) is 34.2 Å². The van der Waals surface area contributed by atoms with Crippen molar-refractivity contribution >= 4 is 23.2 Å². The van der Waals surface area contributed by atoms with Crippen molar-refractivity contribution in [2.75, 3.05) is 19.6 Å². The van der Waals surface area contributed by atoms with Crippen LogP contribution in [0.1, 0.15) is 37.1 Å². The lowest BCUT2D eigenvalue weighted by molar-refractivity contribution is -0.134. The number of aryl methyl sites for hydroxylation is 1. The van der Waals surface area contributed by atoms with E-state index < -0.39 is 0 Å². The predicted octanol–water partition coefficient (Wildman–Crippen LogP) is 2.87. The summed E-state index contributed by atoms with van der Waals surface area (Å²) in [5.74, 6) is 1.66. The normalized spacial score (nSPS) is 18.7. The molecule has 2 aliphatic rings. The van der Waals surface area contributed by atoms with Gasteiger partial charge in [0.2, 0.25) is 17.7 Å². The van der Waals surface area contributed by atoms with Gasteiger partial charge in [0.05, 0.1) is 17.0 Å². The van der Waals surface area contributed by atoms with Gasteiger partial charge in [-0.3, -0.25) is 9.59 Å². The third-order valence-corrected chi connectivity index (χ3v) is 6.17. The molecule has 2 aliphatic heterocycles. The zero-order valence-electron chi connectivity index (χ0n) is 14.9. The van der Waals surface area contributed by atoms with E-state index in [2.05, 4.69) is 4.98 Å². The van der Waals surface area contributed by atoms with Crippen molar-refractivity contribution in [1.29, 1.82) is 0 Å². The van der Waals surface area contributed by atoms with Gasteiger partial charge >= 0.3 is 0 Å². The Morgan fingerprint density at radius 2 is 2.15 bits per heavy atom. The highest BCUT2D eigenvalue weighted by atomic mass is 32.1. The van der Waals surface area contributed by atoms with Crippen LogP contribution >= 0.6 is 11.3 Å². The van der Waals surface area contributed by atoms with Crippen LogP contribution in [-0.2, 0) is 16.0 Å². The fourth-order valence-electron chi connectivity index (χ4n) is 3.83. The zero-order valence-corrected chi connectivity index (χ0v) is 15.8. The van der Waals surface area contributed by atoms with Crippen molar-refractivity contribution in [2.24, 2.45) is 0 Å². The minimum Gasteiger partial charge on any atom is -0.440 e. The molecule has 0 unspecified atom stereocenters. The van der Waals surface area contributed by atoms with E-state index in [9.17, 15) is 9.59 Å². The van der Waals surface area contributed by atoms with Gasteiger partial charge in [0.1, 0.15) is 5.76 Å². The molecule has 0 N–H and O–H groups in total. The van der Waals surface area contributed by atoms with Crippen LogP contribution in [-0.4, -0.2) is 52.3 Å². The smallest absolute Gasteiger partial charge is 0.236 e. The Hall–Kier alpha value is -2.15. The second-order valence-corrected chi connectivity index (χ2v) is 7.93. The maximum atomic E-state index is 12.7. The second-order valence-electron chi connectivity index (χ2n) is 6.98. The molecular formula is C19H23N3O3S. The molecule has 4 rings (SSSR count). The molecule has 6 nitrogen and oxygen atoms in total. The molecule has 0 spiro atoms. The van der Waals surface area contributed by atoms with Gasteiger partial charge in [-0.15, -0.1) is 11.3 Å². The number of oxazole rings is 1. The topological polar surface area (TPSA) is 66.7 Å². The van der Waals surface area contributed by atoms with Crippen molar-refractivity contribution in [2.45, 2.75) is 45.1 Å². The third kappa shape index (κ3) is 3.40. The average molecular weight is 373 g/mol. The van der Waals surface area contributed by atoms with Gasteiger partial charge in [-0.05, 0) is 37.6 Å².